The van der Waals surface area contributed by atoms with Crippen molar-refractivity contribution in [1.29, 1.82) is 0 Å². The van der Waals surface area contributed by atoms with Crippen LogP contribution < -0.4 is 16.4 Å². The van der Waals surface area contributed by atoms with Crippen LogP contribution in [0.15, 0.2) is 0 Å². The summed E-state index contributed by atoms with van der Waals surface area (Å²) in [6.07, 6.45) is 3.36. The first-order valence-electron chi connectivity index (χ1n) is 7.95. The molecule has 0 aromatic rings. The molecule has 0 rings (SSSR count). The highest BCUT2D eigenvalue weighted by Crippen LogP contribution is 2.07. The van der Waals surface area contributed by atoms with Crippen LogP contribution in [-0.4, -0.2) is 56.4 Å². The average molecular weight is 317 g/mol. The van der Waals surface area contributed by atoms with Crippen molar-refractivity contribution in [2.24, 2.45) is 11.7 Å². The highest BCUT2D eigenvalue weighted by atomic mass is 16.5. The molecule has 130 valence electrons. The van der Waals surface area contributed by atoms with E-state index in [1.807, 2.05) is 0 Å². The zero-order chi connectivity index (χ0) is 16.8. The number of hydrogen-bond acceptors (Lipinski definition) is 5. The molecule has 2 amide bonds. The summed E-state index contributed by atoms with van der Waals surface area (Å²) in [5.74, 6) is -0.198. The van der Waals surface area contributed by atoms with Crippen LogP contribution in [0.5, 0.6) is 0 Å². The maximum atomic E-state index is 12.0. The molecule has 0 radical (unpaired) electrons. The quantitative estimate of drug-likeness (QED) is 0.350. The molecule has 0 aliphatic carbocycles. The minimum Gasteiger partial charge on any atom is -0.396 e. The Kier molecular flexibility index (Phi) is 12.8. The minimum absolute atomic E-state index is 0.113. The molecule has 0 aromatic heterocycles. The van der Waals surface area contributed by atoms with Crippen LogP contribution in [0.4, 0.5) is 0 Å². The summed E-state index contributed by atoms with van der Waals surface area (Å²) in [6.45, 7) is 3.29. The second-order valence-electron chi connectivity index (χ2n) is 5.34. The van der Waals surface area contributed by atoms with Crippen molar-refractivity contribution >= 4 is 11.8 Å². The van der Waals surface area contributed by atoms with Crippen LogP contribution in [0.3, 0.4) is 0 Å². The maximum Gasteiger partial charge on any atom is 0.242 e. The van der Waals surface area contributed by atoms with E-state index >= 15 is 0 Å². The zero-order valence-electron chi connectivity index (χ0n) is 13.8. The summed E-state index contributed by atoms with van der Waals surface area (Å²) in [6, 6.07) is -0.559. The molecule has 0 heterocycles. The Balaban J connectivity index is 3.95. The maximum absolute atomic E-state index is 12.0. The molecule has 2 atom stereocenters. The molecule has 5 N–H and O–H groups in total. The second kappa shape index (κ2) is 13.5. The fourth-order valence-electron chi connectivity index (χ4n) is 2.09. The van der Waals surface area contributed by atoms with Crippen LogP contribution >= 0.6 is 0 Å². The van der Waals surface area contributed by atoms with E-state index in [0.29, 0.717) is 32.5 Å². The summed E-state index contributed by atoms with van der Waals surface area (Å²) in [7, 11) is 1.62. The first-order valence-corrected chi connectivity index (χ1v) is 7.95. The van der Waals surface area contributed by atoms with Gasteiger partial charge in [-0.05, 0) is 25.8 Å². The highest BCUT2D eigenvalue weighted by Gasteiger charge is 2.18. The van der Waals surface area contributed by atoms with Gasteiger partial charge in [0.25, 0.3) is 0 Å². The Morgan fingerprint density at radius 2 is 2.00 bits per heavy atom. The molecular formula is C15H31N3O4. The van der Waals surface area contributed by atoms with Crippen molar-refractivity contribution in [1.82, 2.24) is 10.6 Å². The van der Waals surface area contributed by atoms with Gasteiger partial charge in [-0.25, -0.2) is 0 Å². The van der Waals surface area contributed by atoms with Crippen LogP contribution in [-0.2, 0) is 14.3 Å². The van der Waals surface area contributed by atoms with Crippen LogP contribution in [0.1, 0.15) is 39.0 Å². The number of nitrogens with two attached hydrogens (primary N) is 1. The van der Waals surface area contributed by atoms with Gasteiger partial charge in [0.1, 0.15) is 6.04 Å². The molecule has 0 saturated heterocycles. The number of aliphatic hydroxyl groups excluding tert-OH is 1. The largest absolute Gasteiger partial charge is 0.396 e. The van der Waals surface area contributed by atoms with E-state index in [1.54, 1.807) is 14.0 Å². The molecule has 0 fully saturated rings. The van der Waals surface area contributed by atoms with Gasteiger partial charge in [-0.15, -0.1) is 0 Å². The number of nitrogens with one attached hydrogen (secondary N) is 2. The summed E-state index contributed by atoms with van der Waals surface area (Å²) in [4.78, 5) is 23.4. The van der Waals surface area contributed by atoms with Gasteiger partial charge < -0.3 is 26.2 Å². The third kappa shape index (κ3) is 9.70. The Morgan fingerprint density at radius 3 is 2.55 bits per heavy atom. The Bertz CT molecular complexity index is 313. The lowest BCUT2D eigenvalue weighted by Crippen LogP contribution is -2.47. The van der Waals surface area contributed by atoms with E-state index in [4.69, 9.17) is 15.6 Å². The molecule has 0 aliphatic heterocycles. The normalized spacial score (nSPS) is 13.5. The van der Waals surface area contributed by atoms with E-state index in [1.165, 1.54) is 0 Å². The molecule has 7 heteroatoms. The van der Waals surface area contributed by atoms with E-state index in [-0.39, 0.29) is 24.3 Å². The number of rotatable bonds is 13. The first kappa shape index (κ1) is 20.8. The zero-order valence-corrected chi connectivity index (χ0v) is 13.8. The fraction of sp³-hybridized carbons (Fsp3) is 0.867. The topological polar surface area (TPSA) is 114 Å². The van der Waals surface area contributed by atoms with Gasteiger partial charge in [0.05, 0.1) is 6.61 Å². The van der Waals surface area contributed by atoms with Gasteiger partial charge in [-0.2, -0.15) is 0 Å². The van der Waals surface area contributed by atoms with Gasteiger partial charge in [0, 0.05) is 32.6 Å². The highest BCUT2D eigenvalue weighted by molar-refractivity contribution is 5.87. The number of unbranched alkanes of at least 4 members (excludes halogenated alkanes) is 1. The standard InChI is InChI=1S/C15H31N3O4/c1-3-14(20)18-13(7-8-16)15(21)17-9-5-4-6-12(10-19)11-22-2/h12-13,19H,3-11,16H2,1-2H3,(H,17,21)(H,18,20). The number of aliphatic hydroxyl groups is 1. The van der Waals surface area contributed by atoms with Gasteiger partial charge >= 0.3 is 0 Å². The summed E-state index contributed by atoms with van der Waals surface area (Å²) >= 11 is 0. The molecule has 0 spiro atoms. The van der Waals surface area contributed by atoms with E-state index in [9.17, 15) is 9.59 Å². The van der Waals surface area contributed by atoms with E-state index in [0.717, 1.165) is 19.3 Å². The lowest BCUT2D eigenvalue weighted by Gasteiger charge is -2.17. The lowest BCUT2D eigenvalue weighted by molar-refractivity contribution is -0.129. The molecule has 0 aliphatic rings. The fourth-order valence-corrected chi connectivity index (χ4v) is 2.09. The number of carbonyl (C=O) groups is 2. The third-order valence-electron chi connectivity index (χ3n) is 3.43. The van der Waals surface area contributed by atoms with Crippen LogP contribution in [0, 0.1) is 5.92 Å². The molecule has 7 nitrogen and oxygen atoms in total. The minimum atomic E-state index is -0.559. The summed E-state index contributed by atoms with van der Waals surface area (Å²) in [5, 5.41) is 14.6. The van der Waals surface area contributed by atoms with Gasteiger partial charge in [-0.1, -0.05) is 13.3 Å². The molecule has 0 saturated carbocycles. The van der Waals surface area contributed by atoms with Gasteiger partial charge in [-0.3, -0.25) is 9.59 Å². The third-order valence-corrected chi connectivity index (χ3v) is 3.43. The van der Waals surface area contributed by atoms with E-state index in [2.05, 4.69) is 10.6 Å². The molecule has 0 bridgehead atoms. The number of ether oxygens (including phenoxy) is 1. The second-order valence-corrected chi connectivity index (χ2v) is 5.34. The van der Waals surface area contributed by atoms with Gasteiger partial charge in [0.2, 0.25) is 11.8 Å². The summed E-state index contributed by atoms with van der Waals surface area (Å²) in [5.41, 5.74) is 5.47. The van der Waals surface area contributed by atoms with Crippen molar-refractivity contribution in [2.45, 2.75) is 45.1 Å². The molecule has 0 aromatic carbocycles. The van der Waals surface area contributed by atoms with Crippen molar-refractivity contribution in [3.63, 3.8) is 0 Å². The van der Waals surface area contributed by atoms with Crippen molar-refractivity contribution in [3.8, 4) is 0 Å². The number of hydrogen-bond donors (Lipinski definition) is 4. The Labute approximate surface area is 133 Å². The monoisotopic (exact) mass is 317 g/mol. The van der Waals surface area contributed by atoms with Crippen molar-refractivity contribution < 1.29 is 19.4 Å². The average Bonchev–Trinajstić information content (AvgIpc) is 2.52. The first-order chi connectivity index (χ1) is 10.6. The molecular weight excluding hydrogens is 286 g/mol. The van der Waals surface area contributed by atoms with Crippen molar-refractivity contribution in [3.05, 3.63) is 0 Å². The smallest absolute Gasteiger partial charge is 0.242 e. The van der Waals surface area contributed by atoms with Gasteiger partial charge in [0.15, 0.2) is 0 Å². The summed E-state index contributed by atoms with van der Waals surface area (Å²) < 4.78 is 5.01. The SMILES string of the molecule is CCC(=O)NC(CCN)C(=O)NCCCCC(CO)COC. The predicted molar refractivity (Wildman–Crippen MR) is 85.2 cm³/mol. The molecule has 2 unspecified atom stereocenters. The lowest BCUT2D eigenvalue weighted by atomic mass is 10.0. The molecule has 22 heavy (non-hydrogen) atoms. The van der Waals surface area contributed by atoms with Crippen LogP contribution in [0.2, 0.25) is 0 Å². The number of methoxy groups -OCH3 is 1. The van der Waals surface area contributed by atoms with E-state index < -0.39 is 6.04 Å². The number of amides is 2. The number of carbonyl (C=O) groups excluding carboxylic acids is 2. The van der Waals surface area contributed by atoms with Crippen LogP contribution in [0.25, 0.3) is 0 Å². The van der Waals surface area contributed by atoms with Crippen molar-refractivity contribution in [2.75, 3.05) is 33.4 Å². The predicted octanol–water partition coefficient (Wildman–Crippen LogP) is -0.229. The Hall–Kier alpha value is -1.18. The Morgan fingerprint density at radius 1 is 1.27 bits per heavy atom.